The smallest absolute Gasteiger partial charge is 0.342 e. The van der Waals surface area contributed by atoms with E-state index in [0.29, 0.717) is 12.1 Å². The number of rotatable bonds is 6. The van der Waals surface area contributed by atoms with Crippen molar-refractivity contribution >= 4 is 17.3 Å². The summed E-state index contributed by atoms with van der Waals surface area (Å²) in [7, 11) is 0. The van der Waals surface area contributed by atoms with Crippen LogP contribution in [0.15, 0.2) is 30.9 Å². The number of nitro benzene ring substituents is 1. The normalized spacial score (nSPS) is 11.6. The first-order chi connectivity index (χ1) is 8.45. The monoisotopic (exact) mass is 250 g/mol. The summed E-state index contributed by atoms with van der Waals surface area (Å²) >= 11 is 0. The van der Waals surface area contributed by atoms with Crippen molar-refractivity contribution in [3.8, 4) is 0 Å². The molecular formula is C12H14N2O4. The number of carboxylic acid groups (broad SMARTS) is 1. The first-order valence-electron chi connectivity index (χ1n) is 5.35. The first-order valence-corrected chi connectivity index (χ1v) is 5.35. The summed E-state index contributed by atoms with van der Waals surface area (Å²) in [5, 5.41) is 22.7. The topological polar surface area (TPSA) is 92.5 Å². The molecule has 0 aliphatic heterocycles. The Labute approximate surface area is 104 Å². The van der Waals surface area contributed by atoms with Gasteiger partial charge in [-0.25, -0.2) is 4.79 Å². The third-order valence-electron chi connectivity index (χ3n) is 2.36. The molecule has 0 aliphatic rings. The van der Waals surface area contributed by atoms with Crippen LogP contribution in [0.4, 0.5) is 11.4 Å². The predicted octanol–water partition coefficient (Wildman–Crippen LogP) is 2.67. The third-order valence-corrected chi connectivity index (χ3v) is 2.36. The van der Waals surface area contributed by atoms with Crippen LogP contribution in [-0.4, -0.2) is 22.0 Å². The van der Waals surface area contributed by atoms with Crippen molar-refractivity contribution in [2.75, 3.05) is 5.32 Å². The van der Waals surface area contributed by atoms with Gasteiger partial charge in [-0.1, -0.05) is 6.08 Å². The fraction of sp³-hybridized carbons (Fsp3) is 0.250. The molecule has 0 saturated carbocycles. The van der Waals surface area contributed by atoms with Crippen molar-refractivity contribution in [2.45, 2.75) is 19.4 Å². The number of aromatic carboxylic acids is 1. The zero-order valence-corrected chi connectivity index (χ0v) is 9.92. The van der Waals surface area contributed by atoms with Crippen LogP contribution in [0.25, 0.3) is 0 Å². The van der Waals surface area contributed by atoms with Crippen LogP contribution >= 0.6 is 0 Å². The number of hydrogen-bond acceptors (Lipinski definition) is 4. The highest BCUT2D eigenvalue weighted by Gasteiger charge is 2.20. The van der Waals surface area contributed by atoms with E-state index in [1.165, 1.54) is 18.2 Å². The molecule has 18 heavy (non-hydrogen) atoms. The lowest BCUT2D eigenvalue weighted by molar-refractivity contribution is -0.385. The van der Waals surface area contributed by atoms with Gasteiger partial charge in [0.05, 0.1) is 4.92 Å². The van der Waals surface area contributed by atoms with Gasteiger partial charge in [0, 0.05) is 17.8 Å². The second-order valence-corrected chi connectivity index (χ2v) is 3.86. The van der Waals surface area contributed by atoms with Crippen LogP contribution in [-0.2, 0) is 0 Å². The molecule has 0 aromatic heterocycles. The number of anilines is 1. The van der Waals surface area contributed by atoms with E-state index in [9.17, 15) is 14.9 Å². The maximum absolute atomic E-state index is 10.8. The molecule has 0 amide bonds. The lowest BCUT2D eigenvalue weighted by atomic mass is 10.1. The van der Waals surface area contributed by atoms with Gasteiger partial charge in [-0.2, -0.15) is 0 Å². The largest absolute Gasteiger partial charge is 0.477 e. The highest BCUT2D eigenvalue weighted by Crippen LogP contribution is 2.24. The van der Waals surface area contributed by atoms with E-state index in [2.05, 4.69) is 11.9 Å². The molecule has 96 valence electrons. The van der Waals surface area contributed by atoms with E-state index in [0.717, 1.165) is 0 Å². The summed E-state index contributed by atoms with van der Waals surface area (Å²) in [6, 6.07) is 4.03. The van der Waals surface area contributed by atoms with E-state index in [4.69, 9.17) is 5.11 Å². The summed E-state index contributed by atoms with van der Waals surface area (Å²) in [4.78, 5) is 20.9. The Bertz CT molecular complexity index is 485. The van der Waals surface area contributed by atoms with Gasteiger partial charge >= 0.3 is 5.97 Å². The first kappa shape index (κ1) is 13.7. The fourth-order valence-corrected chi connectivity index (χ4v) is 1.55. The molecule has 0 fully saturated rings. The van der Waals surface area contributed by atoms with Crippen LogP contribution in [0.1, 0.15) is 23.7 Å². The molecule has 1 rings (SSSR count). The Kier molecular flexibility index (Phi) is 4.42. The molecule has 0 radical (unpaired) electrons. The average Bonchev–Trinajstić information content (AvgIpc) is 2.28. The van der Waals surface area contributed by atoms with Gasteiger partial charge in [-0.3, -0.25) is 10.1 Å². The predicted molar refractivity (Wildman–Crippen MR) is 68.0 cm³/mol. The second kappa shape index (κ2) is 5.81. The van der Waals surface area contributed by atoms with E-state index >= 15 is 0 Å². The Morgan fingerprint density at radius 1 is 1.67 bits per heavy atom. The molecule has 6 heteroatoms. The Hall–Kier alpha value is -2.37. The van der Waals surface area contributed by atoms with Crippen LogP contribution in [0.3, 0.4) is 0 Å². The minimum Gasteiger partial charge on any atom is -0.477 e. The molecule has 1 atom stereocenters. The molecule has 0 aliphatic carbocycles. The number of hydrogen-bond donors (Lipinski definition) is 2. The molecule has 0 spiro atoms. The van der Waals surface area contributed by atoms with Crippen LogP contribution < -0.4 is 5.32 Å². The summed E-state index contributed by atoms with van der Waals surface area (Å²) in [6.07, 6.45) is 2.44. The highest BCUT2D eigenvalue weighted by atomic mass is 16.6. The summed E-state index contributed by atoms with van der Waals surface area (Å²) in [5.41, 5.74) is -0.221. The van der Waals surface area contributed by atoms with Crippen LogP contribution in [0.5, 0.6) is 0 Å². The number of nitrogens with zero attached hydrogens (tertiary/aromatic N) is 1. The summed E-state index contributed by atoms with van der Waals surface area (Å²) in [5.74, 6) is -1.31. The summed E-state index contributed by atoms with van der Waals surface area (Å²) < 4.78 is 0. The molecule has 0 heterocycles. The van der Waals surface area contributed by atoms with Crippen molar-refractivity contribution in [1.29, 1.82) is 0 Å². The standard InChI is InChI=1S/C12H14N2O4/c1-3-4-8(2)13-9-5-6-10(12(15)16)11(7-9)14(17)18/h3,5-8,13H,1,4H2,2H3,(H,15,16). The van der Waals surface area contributed by atoms with E-state index in [1.54, 1.807) is 6.08 Å². The van der Waals surface area contributed by atoms with E-state index in [-0.39, 0.29) is 11.6 Å². The van der Waals surface area contributed by atoms with Gasteiger partial charge in [0.15, 0.2) is 0 Å². The van der Waals surface area contributed by atoms with Crippen LogP contribution in [0.2, 0.25) is 0 Å². The molecule has 1 aromatic rings. The fourth-order valence-electron chi connectivity index (χ4n) is 1.55. The van der Waals surface area contributed by atoms with E-state index < -0.39 is 16.6 Å². The van der Waals surface area contributed by atoms with Gasteiger partial charge in [0.2, 0.25) is 0 Å². The van der Waals surface area contributed by atoms with Gasteiger partial charge in [-0.05, 0) is 25.5 Å². The highest BCUT2D eigenvalue weighted by molar-refractivity contribution is 5.93. The van der Waals surface area contributed by atoms with Crippen LogP contribution in [0, 0.1) is 10.1 Å². The lowest BCUT2D eigenvalue weighted by Gasteiger charge is -2.13. The summed E-state index contributed by atoms with van der Waals surface area (Å²) in [6.45, 7) is 5.50. The SMILES string of the molecule is C=CCC(C)Nc1ccc(C(=O)O)c([N+](=O)[O-])c1. The number of benzene rings is 1. The maximum atomic E-state index is 10.8. The molecule has 2 N–H and O–H groups in total. The number of nitrogens with one attached hydrogen (secondary N) is 1. The van der Waals surface area contributed by atoms with Gasteiger partial charge in [-0.15, -0.1) is 6.58 Å². The molecule has 6 nitrogen and oxygen atoms in total. The minimum atomic E-state index is -1.31. The van der Waals surface area contributed by atoms with Crippen molar-refractivity contribution < 1.29 is 14.8 Å². The number of carboxylic acids is 1. The quantitative estimate of drug-likeness (QED) is 0.460. The molecule has 0 bridgehead atoms. The molecule has 1 unspecified atom stereocenters. The van der Waals surface area contributed by atoms with Crippen molar-refractivity contribution in [1.82, 2.24) is 0 Å². The Morgan fingerprint density at radius 3 is 2.83 bits per heavy atom. The molecule has 1 aromatic carbocycles. The Balaban J connectivity index is 3.03. The van der Waals surface area contributed by atoms with Crippen molar-refractivity contribution in [3.63, 3.8) is 0 Å². The third kappa shape index (κ3) is 3.31. The molecular weight excluding hydrogens is 236 g/mol. The molecule has 0 saturated heterocycles. The Morgan fingerprint density at radius 2 is 2.33 bits per heavy atom. The van der Waals surface area contributed by atoms with Gasteiger partial charge in [0.25, 0.3) is 5.69 Å². The average molecular weight is 250 g/mol. The number of nitro groups is 1. The maximum Gasteiger partial charge on any atom is 0.342 e. The lowest BCUT2D eigenvalue weighted by Crippen LogP contribution is -2.14. The zero-order valence-electron chi connectivity index (χ0n) is 9.92. The zero-order chi connectivity index (χ0) is 13.7. The van der Waals surface area contributed by atoms with Crippen molar-refractivity contribution in [2.24, 2.45) is 0 Å². The number of carbonyl (C=O) groups is 1. The van der Waals surface area contributed by atoms with Crippen molar-refractivity contribution in [3.05, 3.63) is 46.5 Å². The second-order valence-electron chi connectivity index (χ2n) is 3.86. The van der Waals surface area contributed by atoms with E-state index in [1.807, 2.05) is 6.92 Å². The van der Waals surface area contributed by atoms with Gasteiger partial charge in [0.1, 0.15) is 5.56 Å². The minimum absolute atomic E-state index is 0.0674. The van der Waals surface area contributed by atoms with Gasteiger partial charge < -0.3 is 10.4 Å².